The number of aromatic hydroxyl groups is 1. The Hall–Kier alpha value is -1.78. The minimum Gasteiger partial charge on any atom is -0.504 e. The van der Waals surface area contributed by atoms with Crippen molar-refractivity contribution >= 4 is 5.97 Å². The fraction of sp³-hybridized carbons (Fsp3) is 0.417. The number of aliphatic carboxylic acids is 1. The number of hydrogen-bond donors (Lipinski definition) is 2. The largest absolute Gasteiger partial charge is 0.504 e. The second-order valence-electron chi connectivity index (χ2n) is 3.99. The van der Waals surface area contributed by atoms with Crippen LogP contribution in [0.4, 0.5) is 4.39 Å². The lowest BCUT2D eigenvalue weighted by Crippen LogP contribution is -2.13. The van der Waals surface area contributed by atoms with Gasteiger partial charge in [0.15, 0.2) is 17.3 Å². The summed E-state index contributed by atoms with van der Waals surface area (Å²) < 4.78 is 18.6. The lowest BCUT2D eigenvalue weighted by molar-refractivity contribution is -0.141. The highest BCUT2D eigenvalue weighted by Crippen LogP contribution is 2.35. The maximum atomic E-state index is 13.9. The Bertz CT molecular complexity index is 443. The number of rotatable bonds is 4. The van der Waals surface area contributed by atoms with E-state index in [1.165, 1.54) is 20.1 Å². The molecule has 0 amide bonds. The van der Waals surface area contributed by atoms with Crippen molar-refractivity contribution in [3.8, 4) is 11.5 Å². The first-order chi connectivity index (χ1) is 7.88. The van der Waals surface area contributed by atoms with Crippen molar-refractivity contribution < 1.29 is 24.1 Å². The van der Waals surface area contributed by atoms with Gasteiger partial charge < -0.3 is 14.9 Å². The minimum atomic E-state index is -0.992. The van der Waals surface area contributed by atoms with Crippen molar-refractivity contribution in [3.63, 3.8) is 0 Å². The smallest absolute Gasteiger partial charge is 0.306 e. The number of hydrogen-bond acceptors (Lipinski definition) is 3. The van der Waals surface area contributed by atoms with Gasteiger partial charge in [0.25, 0.3) is 0 Å². The topological polar surface area (TPSA) is 66.8 Å². The predicted octanol–water partition coefficient (Wildman–Crippen LogP) is 2.11. The highest BCUT2D eigenvalue weighted by molar-refractivity contribution is 5.70. The summed E-state index contributed by atoms with van der Waals surface area (Å²) in [6.45, 7) is 3.10. The number of carboxylic acids is 1. The normalized spacial score (nSPS) is 12.2. The molecular weight excluding hydrogens is 227 g/mol. The monoisotopic (exact) mass is 242 g/mol. The third kappa shape index (κ3) is 2.67. The summed E-state index contributed by atoms with van der Waals surface area (Å²) in [4.78, 5) is 10.7. The number of phenols is 1. The van der Waals surface area contributed by atoms with E-state index in [1.54, 1.807) is 6.92 Å². The molecule has 0 heterocycles. The van der Waals surface area contributed by atoms with E-state index in [-0.39, 0.29) is 23.5 Å². The molecule has 0 aliphatic rings. The Balaban J connectivity index is 3.17. The van der Waals surface area contributed by atoms with Crippen molar-refractivity contribution in [1.82, 2.24) is 0 Å². The van der Waals surface area contributed by atoms with Gasteiger partial charge in [0.1, 0.15) is 0 Å². The second-order valence-corrected chi connectivity index (χ2v) is 3.99. The summed E-state index contributed by atoms with van der Waals surface area (Å²) in [5.41, 5.74) is 0.683. The summed E-state index contributed by atoms with van der Waals surface area (Å²) in [7, 11) is 1.25. The van der Waals surface area contributed by atoms with Gasteiger partial charge >= 0.3 is 5.97 Å². The van der Waals surface area contributed by atoms with Gasteiger partial charge in [-0.15, -0.1) is 0 Å². The van der Waals surface area contributed by atoms with Crippen molar-refractivity contribution in [3.05, 3.63) is 23.0 Å². The maximum absolute atomic E-state index is 13.9. The van der Waals surface area contributed by atoms with Gasteiger partial charge in [0, 0.05) is 0 Å². The Labute approximate surface area is 98.7 Å². The van der Waals surface area contributed by atoms with Crippen LogP contribution in [-0.4, -0.2) is 23.3 Å². The summed E-state index contributed by atoms with van der Waals surface area (Å²) in [6.07, 6.45) is 0.0542. The van der Waals surface area contributed by atoms with Crippen LogP contribution in [0.15, 0.2) is 6.07 Å². The zero-order chi connectivity index (χ0) is 13.2. The van der Waals surface area contributed by atoms with Gasteiger partial charge in [0.05, 0.1) is 13.0 Å². The molecule has 0 aliphatic carbocycles. The summed E-state index contributed by atoms with van der Waals surface area (Å²) in [6, 6.07) is 1.44. The van der Waals surface area contributed by atoms with E-state index in [1.807, 2.05) is 0 Å². The van der Waals surface area contributed by atoms with Crippen LogP contribution in [0.3, 0.4) is 0 Å². The molecule has 0 saturated heterocycles. The molecule has 94 valence electrons. The predicted molar refractivity (Wildman–Crippen MR) is 59.9 cm³/mol. The summed E-state index contributed by atoms with van der Waals surface area (Å²) in [5, 5.41) is 18.3. The second kappa shape index (κ2) is 5.03. The van der Waals surface area contributed by atoms with Crippen LogP contribution < -0.4 is 4.74 Å². The van der Waals surface area contributed by atoms with Gasteiger partial charge in [-0.25, -0.2) is 4.39 Å². The number of carbonyl (C=O) groups is 1. The number of phenolic OH excluding ortho intramolecular Hbond substituents is 1. The molecule has 0 spiro atoms. The minimum absolute atomic E-state index is 0.0542. The zero-order valence-electron chi connectivity index (χ0n) is 9.95. The third-order valence-electron chi connectivity index (χ3n) is 2.61. The Kier molecular flexibility index (Phi) is 3.93. The van der Waals surface area contributed by atoms with Crippen LogP contribution in [-0.2, 0) is 11.2 Å². The maximum Gasteiger partial charge on any atom is 0.306 e. The molecule has 0 bridgehead atoms. The number of benzene rings is 1. The van der Waals surface area contributed by atoms with Crippen LogP contribution in [0.1, 0.15) is 18.1 Å². The van der Waals surface area contributed by atoms with Crippen molar-refractivity contribution in [2.45, 2.75) is 20.3 Å². The lowest BCUT2D eigenvalue weighted by Gasteiger charge is -2.13. The van der Waals surface area contributed by atoms with Gasteiger partial charge in [-0.1, -0.05) is 6.92 Å². The molecule has 1 rings (SSSR count). The number of ether oxygens (including phenoxy) is 1. The van der Waals surface area contributed by atoms with Gasteiger partial charge in [0.2, 0.25) is 0 Å². The van der Waals surface area contributed by atoms with Gasteiger partial charge in [-0.3, -0.25) is 4.79 Å². The zero-order valence-corrected chi connectivity index (χ0v) is 9.95. The molecule has 5 heteroatoms. The van der Waals surface area contributed by atoms with Crippen LogP contribution in [0.25, 0.3) is 0 Å². The Morgan fingerprint density at radius 2 is 2.18 bits per heavy atom. The van der Waals surface area contributed by atoms with E-state index in [0.717, 1.165) is 0 Å². The lowest BCUT2D eigenvalue weighted by atomic mass is 9.98. The van der Waals surface area contributed by atoms with E-state index in [0.29, 0.717) is 5.56 Å². The fourth-order valence-electron chi connectivity index (χ4n) is 1.57. The van der Waals surface area contributed by atoms with Crippen molar-refractivity contribution in [2.24, 2.45) is 5.92 Å². The third-order valence-corrected chi connectivity index (χ3v) is 2.61. The van der Waals surface area contributed by atoms with E-state index in [2.05, 4.69) is 0 Å². The molecular formula is C12H15FO4. The molecule has 1 unspecified atom stereocenters. The fourth-order valence-corrected chi connectivity index (χ4v) is 1.57. The van der Waals surface area contributed by atoms with Gasteiger partial charge in [-0.2, -0.15) is 0 Å². The first-order valence-electron chi connectivity index (χ1n) is 5.16. The number of aryl methyl sites for hydroxylation is 1. The SMILES string of the molecule is COc1c(O)c(C)cc(CC(C)C(=O)O)c1F. The van der Waals surface area contributed by atoms with Crippen molar-refractivity contribution in [2.75, 3.05) is 7.11 Å². The molecule has 4 nitrogen and oxygen atoms in total. The summed E-state index contributed by atoms with van der Waals surface area (Å²) >= 11 is 0. The average molecular weight is 242 g/mol. The number of halogens is 1. The van der Waals surface area contributed by atoms with Crippen LogP contribution in [0, 0.1) is 18.7 Å². The molecule has 0 aromatic heterocycles. The van der Waals surface area contributed by atoms with Crippen LogP contribution in [0.2, 0.25) is 0 Å². The first-order valence-corrected chi connectivity index (χ1v) is 5.16. The highest BCUT2D eigenvalue weighted by atomic mass is 19.1. The molecule has 0 aliphatic heterocycles. The molecule has 1 aromatic carbocycles. The van der Waals surface area contributed by atoms with Crippen LogP contribution in [0.5, 0.6) is 11.5 Å². The van der Waals surface area contributed by atoms with E-state index >= 15 is 0 Å². The van der Waals surface area contributed by atoms with E-state index in [9.17, 15) is 14.3 Å². The Morgan fingerprint density at radius 1 is 1.59 bits per heavy atom. The average Bonchev–Trinajstić information content (AvgIpc) is 2.26. The van der Waals surface area contributed by atoms with Crippen molar-refractivity contribution in [1.29, 1.82) is 0 Å². The number of carboxylic acid groups (broad SMARTS) is 1. The molecule has 0 saturated carbocycles. The standard InChI is InChI=1S/C12H15FO4/c1-6-4-8(5-7(2)12(15)16)9(13)11(17-3)10(6)14/h4,7,14H,5H2,1-3H3,(H,15,16). The molecule has 2 N–H and O–H groups in total. The summed E-state index contributed by atoms with van der Waals surface area (Å²) in [5.74, 6) is -2.88. The van der Waals surface area contributed by atoms with Crippen LogP contribution >= 0.6 is 0 Å². The molecule has 1 aromatic rings. The molecule has 0 radical (unpaired) electrons. The van der Waals surface area contributed by atoms with E-state index in [4.69, 9.17) is 9.84 Å². The Morgan fingerprint density at radius 3 is 2.65 bits per heavy atom. The quantitative estimate of drug-likeness (QED) is 0.848. The number of methoxy groups -OCH3 is 1. The van der Waals surface area contributed by atoms with Gasteiger partial charge in [-0.05, 0) is 30.5 Å². The molecule has 1 atom stereocenters. The highest BCUT2D eigenvalue weighted by Gasteiger charge is 2.20. The first kappa shape index (κ1) is 13.3. The molecule has 0 fully saturated rings. The van der Waals surface area contributed by atoms with E-state index < -0.39 is 17.7 Å². The molecule has 17 heavy (non-hydrogen) atoms.